The van der Waals surface area contributed by atoms with Crippen LogP contribution in [-0.2, 0) is 11.8 Å². The summed E-state index contributed by atoms with van der Waals surface area (Å²) in [5.74, 6) is 1.22. The predicted octanol–water partition coefficient (Wildman–Crippen LogP) is 1.74. The standard InChI is InChI=1S/C19H23N7OS/c1-23-12-14(11-22-23)26-5-2-3-16(19(26)27)24-6-8-25(9-7-24)17-15-4-10-28-18(15)21-13-20-17/h4,10-13,16H,2-3,5-9H2,1H3/t16-/m1/s1. The molecule has 0 bridgehead atoms. The fourth-order valence-corrected chi connectivity index (χ4v) is 5.00. The smallest absolute Gasteiger partial charge is 0.244 e. The van der Waals surface area contributed by atoms with Gasteiger partial charge >= 0.3 is 0 Å². The summed E-state index contributed by atoms with van der Waals surface area (Å²) in [4.78, 5) is 29.6. The van der Waals surface area contributed by atoms with E-state index in [1.807, 2.05) is 18.1 Å². The number of nitrogens with zero attached hydrogens (tertiary/aromatic N) is 7. The van der Waals surface area contributed by atoms with Gasteiger partial charge in [-0.05, 0) is 24.3 Å². The number of rotatable bonds is 3. The Bertz CT molecular complexity index is 991. The number of piperidine rings is 1. The third-order valence-electron chi connectivity index (χ3n) is 5.71. The number of carbonyl (C=O) groups is 1. The van der Waals surface area contributed by atoms with Crippen LogP contribution in [0, 0.1) is 0 Å². The highest BCUT2D eigenvalue weighted by atomic mass is 32.1. The summed E-state index contributed by atoms with van der Waals surface area (Å²) in [6.07, 6.45) is 7.29. The molecule has 2 saturated heterocycles. The van der Waals surface area contributed by atoms with Gasteiger partial charge in [-0.15, -0.1) is 11.3 Å². The van der Waals surface area contributed by atoms with Crippen molar-refractivity contribution in [3.05, 3.63) is 30.2 Å². The zero-order valence-electron chi connectivity index (χ0n) is 15.9. The van der Waals surface area contributed by atoms with E-state index in [2.05, 4.69) is 36.3 Å². The van der Waals surface area contributed by atoms with Crippen molar-refractivity contribution in [2.75, 3.05) is 42.5 Å². The molecule has 0 spiro atoms. The van der Waals surface area contributed by atoms with Gasteiger partial charge in [-0.2, -0.15) is 5.10 Å². The quantitative estimate of drug-likeness (QED) is 0.671. The molecule has 2 fully saturated rings. The lowest BCUT2D eigenvalue weighted by molar-refractivity contribution is -0.125. The van der Waals surface area contributed by atoms with Gasteiger partial charge in [-0.1, -0.05) is 0 Å². The second-order valence-corrected chi connectivity index (χ2v) is 8.27. The molecule has 0 saturated carbocycles. The largest absolute Gasteiger partial charge is 0.353 e. The Morgan fingerprint density at radius 3 is 2.79 bits per heavy atom. The van der Waals surface area contributed by atoms with Crippen LogP contribution in [0.5, 0.6) is 0 Å². The number of fused-ring (bicyclic) bond motifs is 1. The fourth-order valence-electron chi connectivity index (χ4n) is 4.27. The van der Waals surface area contributed by atoms with Gasteiger partial charge in [0.2, 0.25) is 5.91 Å². The van der Waals surface area contributed by atoms with Crippen LogP contribution >= 0.6 is 11.3 Å². The maximum absolute atomic E-state index is 13.1. The third kappa shape index (κ3) is 3.04. The summed E-state index contributed by atoms with van der Waals surface area (Å²) in [7, 11) is 1.88. The molecule has 0 aromatic carbocycles. The summed E-state index contributed by atoms with van der Waals surface area (Å²) in [6.45, 7) is 4.26. The van der Waals surface area contributed by atoms with E-state index < -0.39 is 0 Å². The average molecular weight is 398 g/mol. The zero-order chi connectivity index (χ0) is 19.1. The summed E-state index contributed by atoms with van der Waals surface area (Å²) in [6, 6.07) is 2.06. The second-order valence-electron chi connectivity index (χ2n) is 7.38. The van der Waals surface area contributed by atoms with Crippen LogP contribution < -0.4 is 9.80 Å². The van der Waals surface area contributed by atoms with Gasteiger partial charge in [-0.3, -0.25) is 14.4 Å². The van der Waals surface area contributed by atoms with Crippen LogP contribution in [0.25, 0.3) is 10.2 Å². The molecule has 1 atom stereocenters. The molecule has 9 heteroatoms. The van der Waals surface area contributed by atoms with Gasteiger partial charge in [0.15, 0.2) is 0 Å². The monoisotopic (exact) mass is 397 g/mol. The molecule has 5 heterocycles. The van der Waals surface area contributed by atoms with E-state index in [9.17, 15) is 4.79 Å². The maximum atomic E-state index is 13.1. The molecular weight excluding hydrogens is 374 g/mol. The molecule has 28 heavy (non-hydrogen) atoms. The molecule has 2 aliphatic rings. The van der Waals surface area contributed by atoms with E-state index in [-0.39, 0.29) is 11.9 Å². The maximum Gasteiger partial charge on any atom is 0.244 e. The molecule has 2 aliphatic heterocycles. The minimum atomic E-state index is -0.0392. The predicted molar refractivity (Wildman–Crippen MR) is 110 cm³/mol. The lowest BCUT2D eigenvalue weighted by Crippen LogP contribution is -2.58. The summed E-state index contributed by atoms with van der Waals surface area (Å²) in [5, 5.41) is 7.40. The number of thiophene rings is 1. The van der Waals surface area contributed by atoms with Crippen molar-refractivity contribution < 1.29 is 4.79 Å². The topological polar surface area (TPSA) is 70.4 Å². The van der Waals surface area contributed by atoms with Crippen molar-refractivity contribution in [3.8, 4) is 0 Å². The van der Waals surface area contributed by atoms with Gasteiger partial charge in [0.1, 0.15) is 17.0 Å². The molecule has 0 radical (unpaired) electrons. The molecule has 3 aromatic heterocycles. The lowest BCUT2D eigenvalue weighted by atomic mass is 10.0. The van der Waals surface area contributed by atoms with Crippen LogP contribution in [0.3, 0.4) is 0 Å². The lowest BCUT2D eigenvalue weighted by Gasteiger charge is -2.42. The number of aromatic nitrogens is 4. The fraction of sp³-hybridized carbons (Fsp3) is 0.474. The van der Waals surface area contributed by atoms with E-state index in [1.54, 1.807) is 28.5 Å². The van der Waals surface area contributed by atoms with Crippen LogP contribution in [0.1, 0.15) is 12.8 Å². The highest BCUT2D eigenvalue weighted by molar-refractivity contribution is 7.16. The van der Waals surface area contributed by atoms with Gasteiger partial charge in [0.25, 0.3) is 0 Å². The Morgan fingerprint density at radius 2 is 2.00 bits per heavy atom. The number of anilines is 2. The van der Waals surface area contributed by atoms with Gasteiger partial charge in [-0.25, -0.2) is 9.97 Å². The Morgan fingerprint density at radius 1 is 1.14 bits per heavy atom. The molecule has 3 aromatic rings. The first kappa shape index (κ1) is 17.6. The van der Waals surface area contributed by atoms with Crippen molar-refractivity contribution in [1.82, 2.24) is 24.6 Å². The third-order valence-corrected chi connectivity index (χ3v) is 6.53. The van der Waals surface area contributed by atoms with E-state index in [1.165, 1.54) is 0 Å². The second kappa shape index (κ2) is 7.14. The van der Waals surface area contributed by atoms with E-state index >= 15 is 0 Å². The van der Waals surface area contributed by atoms with E-state index in [4.69, 9.17) is 0 Å². The first-order valence-corrected chi connectivity index (χ1v) is 10.6. The van der Waals surface area contributed by atoms with Crippen LogP contribution in [0.2, 0.25) is 0 Å². The Balaban J connectivity index is 1.28. The van der Waals surface area contributed by atoms with E-state index in [0.717, 1.165) is 67.3 Å². The Hall–Kier alpha value is -2.52. The SMILES string of the molecule is Cn1cc(N2CCC[C@@H](N3CCN(c4ncnc5sccc45)CC3)C2=O)cn1. The molecule has 146 valence electrons. The van der Waals surface area contributed by atoms with Crippen LogP contribution in [0.15, 0.2) is 30.2 Å². The van der Waals surface area contributed by atoms with Gasteiger partial charge in [0, 0.05) is 46.0 Å². The Labute approximate surface area is 167 Å². The van der Waals surface area contributed by atoms with Crippen molar-refractivity contribution >= 4 is 39.0 Å². The van der Waals surface area contributed by atoms with Gasteiger partial charge < -0.3 is 9.80 Å². The number of hydrogen-bond donors (Lipinski definition) is 0. The first-order chi connectivity index (χ1) is 13.7. The summed E-state index contributed by atoms with van der Waals surface area (Å²) in [5.41, 5.74) is 0.900. The molecule has 5 rings (SSSR count). The number of amides is 1. The minimum absolute atomic E-state index is 0.0392. The zero-order valence-corrected chi connectivity index (χ0v) is 16.7. The Kier molecular flexibility index (Phi) is 4.48. The minimum Gasteiger partial charge on any atom is -0.353 e. The summed E-state index contributed by atoms with van der Waals surface area (Å²) < 4.78 is 1.75. The van der Waals surface area contributed by atoms with Crippen LogP contribution in [-0.4, -0.2) is 69.3 Å². The van der Waals surface area contributed by atoms with E-state index in [0.29, 0.717) is 0 Å². The highest BCUT2D eigenvalue weighted by Gasteiger charge is 2.36. The first-order valence-electron chi connectivity index (χ1n) is 9.68. The number of piperazine rings is 1. The van der Waals surface area contributed by atoms with Gasteiger partial charge in [0.05, 0.1) is 23.3 Å². The van der Waals surface area contributed by atoms with Crippen LogP contribution in [0.4, 0.5) is 11.5 Å². The number of hydrogen-bond acceptors (Lipinski definition) is 7. The van der Waals surface area contributed by atoms with Crippen molar-refractivity contribution in [1.29, 1.82) is 0 Å². The van der Waals surface area contributed by atoms with Crippen molar-refractivity contribution in [2.45, 2.75) is 18.9 Å². The molecule has 0 unspecified atom stereocenters. The number of aryl methyl sites for hydroxylation is 1. The molecule has 0 N–H and O–H groups in total. The summed E-state index contributed by atoms with van der Waals surface area (Å²) >= 11 is 1.64. The van der Waals surface area contributed by atoms with Crippen molar-refractivity contribution in [2.24, 2.45) is 7.05 Å². The number of carbonyl (C=O) groups excluding carboxylic acids is 1. The molecule has 0 aliphatic carbocycles. The molecular formula is C19H23N7OS. The normalized spacial score (nSPS) is 21.6. The average Bonchev–Trinajstić information content (AvgIpc) is 3.37. The highest BCUT2D eigenvalue weighted by Crippen LogP contribution is 2.29. The molecule has 1 amide bonds. The van der Waals surface area contributed by atoms with Crippen molar-refractivity contribution in [3.63, 3.8) is 0 Å². The molecule has 8 nitrogen and oxygen atoms in total.